The molecule has 1 unspecified atom stereocenters. The number of fused-ring (bicyclic) bond motifs is 1. The first-order chi connectivity index (χ1) is 10.2. The van der Waals surface area contributed by atoms with Gasteiger partial charge in [-0.15, -0.1) is 0 Å². The molecule has 21 heavy (non-hydrogen) atoms. The van der Waals surface area contributed by atoms with Gasteiger partial charge in [0.25, 0.3) is 0 Å². The van der Waals surface area contributed by atoms with Crippen LogP contribution >= 0.6 is 0 Å². The predicted molar refractivity (Wildman–Crippen MR) is 78.6 cm³/mol. The van der Waals surface area contributed by atoms with E-state index in [4.69, 9.17) is 15.0 Å². The van der Waals surface area contributed by atoms with Crippen LogP contribution < -0.4 is 11.3 Å². The van der Waals surface area contributed by atoms with Crippen LogP contribution in [-0.4, -0.2) is 36.6 Å². The average Bonchev–Trinajstić information content (AvgIpc) is 2.88. The van der Waals surface area contributed by atoms with E-state index in [0.29, 0.717) is 31.4 Å². The van der Waals surface area contributed by atoms with E-state index in [2.05, 4.69) is 17.2 Å². The summed E-state index contributed by atoms with van der Waals surface area (Å²) in [6.45, 7) is 5.01. The zero-order chi connectivity index (χ0) is 14.8. The van der Waals surface area contributed by atoms with E-state index in [1.807, 2.05) is 24.3 Å². The predicted octanol–water partition coefficient (Wildman–Crippen LogP) is 1.26. The van der Waals surface area contributed by atoms with Gasteiger partial charge in [-0.25, -0.2) is 5.84 Å². The Morgan fingerprint density at radius 3 is 3.05 bits per heavy atom. The van der Waals surface area contributed by atoms with Gasteiger partial charge < -0.3 is 9.15 Å². The lowest BCUT2D eigenvalue weighted by atomic mass is 10.1. The second-order valence-electron chi connectivity index (χ2n) is 5.27. The standard InChI is InChI=1S/C15H19N3O3/c1-10-9-20-7-6-18(10)8-12-11-4-2-3-5-13(11)21-14(12)15(19)17-16/h2-5,10H,6-9,16H2,1H3,(H,17,19). The van der Waals surface area contributed by atoms with Crippen LogP contribution in [0.3, 0.4) is 0 Å². The molecule has 0 aliphatic carbocycles. The van der Waals surface area contributed by atoms with Crippen molar-refractivity contribution >= 4 is 16.9 Å². The normalized spacial score (nSPS) is 19.8. The Morgan fingerprint density at radius 1 is 1.48 bits per heavy atom. The molecule has 0 radical (unpaired) electrons. The molecule has 112 valence electrons. The van der Waals surface area contributed by atoms with Gasteiger partial charge in [0, 0.05) is 30.1 Å². The van der Waals surface area contributed by atoms with Gasteiger partial charge in [0.15, 0.2) is 5.76 Å². The van der Waals surface area contributed by atoms with E-state index >= 15 is 0 Å². The Balaban J connectivity index is 2.00. The first-order valence-electron chi connectivity index (χ1n) is 7.04. The van der Waals surface area contributed by atoms with E-state index in [1.54, 1.807) is 0 Å². The van der Waals surface area contributed by atoms with Gasteiger partial charge in [-0.3, -0.25) is 15.1 Å². The third-order valence-corrected chi connectivity index (χ3v) is 3.90. The fourth-order valence-corrected chi connectivity index (χ4v) is 2.70. The minimum Gasteiger partial charge on any atom is -0.451 e. The molecule has 1 saturated heterocycles. The fourth-order valence-electron chi connectivity index (χ4n) is 2.70. The summed E-state index contributed by atoms with van der Waals surface area (Å²) in [5, 5.41) is 0.954. The summed E-state index contributed by atoms with van der Waals surface area (Å²) < 4.78 is 11.1. The van der Waals surface area contributed by atoms with Crippen molar-refractivity contribution in [3.8, 4) is 0 Å². The zero-order valence-corrected chi connectivity index (χ0v) is 12.0. The molecule has 0 saturated carbocycles. The Bertz CT molecular complexity index is 653. The molecule has 0 spiro atoms. The highest BCUT2D eigenvalue weighted by molar-refractivity contribution is 5.98. The molecule has 6 nitrogen and oxygen atoms in total. The highest BCUT2D eigenvalue weighted by Gasteiger charge is 2.25. The number of rotatable bonds is 3. The molecule has 1 amide bonds. The van der Waals surface area contributed by atoms with Gasteiger partial charge in [-0.1, -0.05) is 18.2 Å². The number of para-hydroxylation sites is 1. The van der Waals surface area contributed by atoms with Crippen LogP contribution in [-0.2, 0) is 11.3 Å². The maximum absolute atomic E-state index is 12.0. The van der Waals surface area contributed by atoms with Crippen LogP contribution in [0.5, 0.6) is 0 Å². The van der Waals surface area contributed by atoms with Crippen molar-refractivity contribution in [3.05, 3.63) is 35.6 Å². The fraction of sp³-hybridized carbons (Fsp3) is 0.400. The van der Waals surface area contributed by atoms with Crippen molar-refractivity contribution in [2.24, 2.45) is 5.84 Å². The topological polar surface area (TPSA) is 80.7 Å². The number of carbonyl (C=O) groups excluding carboxylic acids is 1. The first kappa shape index (κ1) is 14.1. The number of nitrogens with one attached hydrogen (secondary N) is 1. The Kier molecular flexibility index (Phi) is 3.92. The van der Waals surface area contributed by atoms with E-state index in [9.17, 15) is 4.79 Å². The molecule has 3 rings (SSSR count). The summed E-state index contributed by atoms with van der Waals surface area (Å²) >= 11 is 0. The molecule has 1 aromatic carbocycles. The number of morpholine rings is 1. The van der Waals surface area contributed by atoms with Crippen molar-refractivity contribution in [2.45, 2.75) is 19.5 Å². The highest BCUT2D eigenvalue weighted by atomic mass is 16.5. The number of amides is 1. The number of hydrazine groups is 1. The van der Waals surface area contributed by atoms with Gasteiger partial charge in [0.1, 0.15) is 5.58 Å². The third-order valence-electron chi connectivity index (χ3n) is 3.90. The van der Waals surface area contributed by atoms with Crippen molar-refractivity contribution in [2.75, 3.05) is 19.8 Å². The molecule has 1 aromatic heterocycles. The number of hydrogen-bond acceptors (Lipinski definition) is 5. The zero-order valence-electron chi connectivity index (χ0n) is 12.0. The Labute approximate surface area is 122 Å². The second kappa shape index (κ2) is 5.85. The first-order valence-corrected chi connectivity index (χ1v) is 7.04. The number of hydrogen-bond donors (Lipinski definition) is 2. The van der Waals surface area contributed by atoms with E-state index in [1.165, 1.54) is 0 Å². The van der Waals surface area contributed by atoms with Gasteiger partial charge in [-0.05, 0) is 13.0 Å². The lowest BCUT2D eigenvalue weighted by molar-refractivity contribution is -0.00439. The van der Waals surface area contributed by atoms with Gasteiger partial charge in [0.05, 0.1) is 13.2 Å². The van der Waals surface area contributed by atoms with Crippen molar-refractivity contribution in [1.29, 1.82) is 0 Å². The van der Waals surface area contributed by atoms with Crippen molar-refractivity contribution < 1.29 is 13.9 Å². The number of nitrogens with two attached hydrogens (primary N) is 1. The number of furan rings is 1. The Hall–Kier alpha value is -1.89. The maximum Gasteiger partial charge on any atom is 0.301 e. The molecule has 2 aromatic rings. The van der Waals surface area contributed by atoms with E-state index in [0.717, 1.165) is 17.5 Å². The molecule has 6 heteroatoms. The molecule has 1 fully saturated rings. The molecule has 2 heterocycles. The van der Waals surface area contributed by atoms with E-state index < -0.39 is 5.91 Å². The number of carbonyl (C=O) groups is 1. The van der Waals surface area contributed by atoms with Crippen LogP contribution in [0, 0.1) is 0 Å². The molecule has 1 aliphatic heterocycles. The van der Waals surface area contributed by atoms with Crippen LogP contribution in [0.15, 0.2) is 28.7 Å². The quantitative estimate of drug-likeness (QED) is 0.505. The third kappa shape index (κ3) is 2.65. The maximum atomic E-state index is 12.0. The monoisotopic (exact) mass is 289 g/mol. The summed E-state index contributed by atoms with van der Waals surface area (Å²) in [5.74, 6) is 5.15. The summed E-state index contributed by atoms with van der Waals surface area (Å²) in [4.78, 5) is 14.2. The van der Waals surface area contributed by atoms with Gasteiger partial charge >= 0.3 is 5.91 Å². The molecular formula is C15H19N3O3. The summed E-state index contributed by atoms with van der Waals surface area (Å²) in [7, 11) is 0. The number of nitrogens with zero attached hydrogens (tertiary/aromatic N) is 1. The van der Waals surface area contributed by atoms with Crippen LogP contribution in [0.4, 0.5) is 0 Å². The smallest absolute Gasteiger partial charge is 0.301 e. The number of nitrogen functional groups attached to an aromatic ring is 1. The highest BCUT2D eigenvalue weighted by Crippen LogP contribution is 2.28. The minimum atomic E-state index is -0.401. The number of benzene rings is 1. The molecule has 1 atom stereocenters. The molecule has 3 N–H and O–H groups in total. The molecule has 0 bridgehead atoms. The minimum absolute atomic E-state index is 0.289. The van der Waals surface area contributed by atoms with E-state index in [-0.39, 0.29) is 5.76 Å². The van der Waals surface area contributed by atoms with Crippen molar-refractivity contribution in [3.63, 3.8) is 0 Å². The van der Waals surface area contributed by atoms with Gasteiger partial charge in [0.2, 0.25) is 0 Å². The van der Waals surface area contributed by atoms with Crippen LogP contribution in [0.1, 0.15) is 23.0 Å². The van der Waals surface area contributed by atoms with Gasteiger partial charge in [-0.2, -0.15) is 0 Å². The largest absolute Gasteiger partial charge is 0.451 e. The molecule has 1 aliphatic rings. The Morgan fingerprint density at radius 2 is 2.29 bits per heavy atom. The molecular weight excluding hydrogens is 270 g/mol. The van der Waals surface area contributed by atoms with Crippen LogP contribution in [0.25, 0.3) is 11.0 Å². The van der Waals surface area contributed by atoms with Crippen LogP contribution in [0.2, 0.25) is 0 Å². The second-order valence-corrected chi connectivity index (χ2v) is 5.27. The summed E-state index contributed by atoms with van der Waals surface area (Å²) in [5.41, 5.74) is 3.73. The summed E-state index contributed by atoms with van der Waals surface area (Å²) in [6.07, 6.45) is 0. The summed E-state index contributed by atoms with van der Waals surface area (Å²) in [6, 6.07) is 7.95. The van der Waals surface area contributed by atoms with Crippen molar-refractivity contribution in [1.82, 2.24) is 10.3 Å². The lowest BCUT2D eigenvalue weighted by Crippen LogP contribution is -2.43. The number of ether oxygens (including phenoxy) is 1. The lowest BCUT2D eigenvalue weighted by Gasteiger charge is -2.33. The average molecular weight is 289 g/mol. The SMILES string of the molecule is CC1COCCN1Cc1c(C(=O)NN)oc2ccccc12.